The van der Waals surface area contributed by atoms with Gasteiger partial charge in [-0.1, -0.05) is 6.92 Å². The molecule has 2 heterocycles. The average Bonchev–Trinajstić information content (AvgIpc) is 3.21. The molecule has 1 aromatic carbocycles. The number of hydrogen-bond acceptors (Lipinski definition) is 7. The van der Waals surface area contributed by atoms with Crippen molar-refractivity contribution >= 4 is 44.3 Å². The number of ether oxygens (including phenoxy) is 1. The number of nitrogens with one attached hydrogen (secondary N) is 1. The molecule has 4 rings (SSSR count). The van der Waals surface area contributed by atoms with Crippen LogP contribution in [0.25, 0.3) is 0 Å². The third-order valence-electron chi connectivity index (χ3n) is 6.50. The highest BCUT2D eigenvalue weighted by Gasteiger charge is 2.31. The van der Waals surface area contributed by atoms with Crippen molar-refractivity contribution in [1.82, 2.24) is 9.21 Å². The summed E-state index contributed by atoms with van der Waals surface area (Å²) in [5.74, 6) is -0.513. The van der Waals surface area contributed by atoms with Crippen molar-refractivity contribution in [2.75, 3.05) is 38.1 Å². The maximum atomic E-state index is 13.1. The third-order valence-corrected chi connectivity index (χ3v) is 9.59. The second-order valence-electron chi connectivity index (χ2n) is 8.99. The van der Waals surface area contributed by atoms with E-state index in [-0.39, 0.29) is 43.2 Å². The minimum absolute atomic E-state index is 0.0574. The Morgan fingerprint density at radius 2 is 1.81 bits per heavy atom. The lowest BCUT2D eigenvalue weighted by Crippen LogP contribution is -2.50. The predicted molar refractivity (Wildman–Crippen MR) is 136 cm³/mol. The lowest BCUT2D eigenvalue weighted by atomic mass is 9.88. The molecule has 1 atom stereocenters. The van der Waals surface area contributed by atoms with Gasteiger partial charge in [0.1, 0.15) is 5.00 Å². The van der Waals surface area contributed by atoms with Crippen LogP contribution in [0, 0.1) is 5.92 Å². The highest BCUT2D eigenvalue weighted by atomic mass is 32.2. The summed E-state index contributed by atoms with van der Waals surface area (Å²) in [6.45, 7) is 4.92. The summed E-state index contributed by atoms with van der Waals surface area (Å²) in [5, 5.41) is 3.23. The van der Waals surface area contributed by atoms with Crippen LogP contribution in [-0.4, -0.2) is 68.3 Å². The van der Waals surface area contributed by atoms with E-state index in [4.69, 9.17) is 10.5 Å². The number of hydrogen-bond donors (Lipinski definition) is 2. The molecular formula is C24H30N4O6S2. The van der Waals surface area contributed by atoms with E-state index < -0.39 is 27.9 Å². The maximum absolute atomic E-state index is 13.1. The number of fused-ring (bicyclic) bond motifs is 1. The molecule has 1 aliphatic heterocycles. The first kappa shape index (κ1) is 26.1. The summed E-state index contributed by atoms with van der Waals surface area (Å²) in [7, 11) is -3.79. The first-order valence-corrected chi connectivity index (χ1v) is 14.1. The number of carbonyl (C=O) groups excluding carboxylic acids is 3. The number of rotatable bonds is 6. The monoisotopic (exact) mass is 534 g/mol. The fourth-order valence-corrected chi connectivity index (χ4v) is 7.36. The van der Waals surface area contributed by atoms with Gasteiger partial charge in [-0.05, 0) is 61.9 Å². The van der Waals surface area contributed by atoms with Crippen molar-refractivity contribution < 1.29 is 27.5 Å². The maximum Gasteiger partial charge on any atom is 0.409 e. The molecule has 0 radical (unpaired) electrons. The van der Waals surface area contributed by atoms with Crippen LogP contribution in [0.2, 0.25) is 0 Å². The lowest BCUT2D eigenvalue weighted by Gasteiger charge is -2.33. The molecule has 3 N–H and O–H groups in total. The molecule has 0 bridgehead atoms. The van der Waals surface area contributed by atoms with Crippen LogP contribution < -0.4 is 11.1 Å². The molecule has 1 unspecified atom stereocenters. The normalized spacial score (nSPS) is 18.4. The van der Waals surface area contributed by atoms with Crippen LogP contribution in [0.4, 0.5) is 9.80 Å². The number of carbonyl (C=O) groups is 3. The van der Waals surface area contributed by atoms with Crippen molar-refractivity contribution in [3.63, 3.8) is 0 Å². The number of amides is 3. The zero-order valence-electron chi connectivity index (χ0n) is 20.3. The highest BCUT2D eigenvalue weighted by molar-refractivity contribution is 7.89. The van der Waals surface area contributed by atoms with Crippen LogP contribution >= 0.6 is 11.3 Å². The van der Waals surface area contributed by atoms with Crippen LogP contribution in [0.1, 0.15) is 51.4 Å². The largest absolute Gasteiger partial charge is 0.450 e. The van der Waals surface area contributed by atoms with E-state index in [0.29, 0.717) is 16.5 Å². The first-order valence-electron chi connectivity index (χ1n) is 11.9. The molecule has 2 aliphatic rings. The predicted octanol–water partition coefficient (Wildman–Crippen LogP) is 2.69. The molecule has 1 aromatic heterocycles. The fraction of sp³-hybridized carbons (Fsp3) is 0.458. The van der Waals surface area contributed by atoms with Gasteiger partial charge in [0.25, 0.3) is 11.8 Å². The number of nitrogens with two attached hydrogens (primary N) is 1. The van der Waals surface area contributed by atoms with Gasteiger partial charge in [-0.25, -0.2) is 13.2 Å². The van der Waals surface area contributed by atoms with Gasteiger partial charge in [-0.3, -0.25) is 9.59 Å². The molecule has 12 heteroatoms. The molecule has 3 amide bonds. The van der Waals surface area contributed by atoms with E-state index >= 15 is 0 Å². The first-order chi connectivity index (χ1) is 17.1. The molecule has 2 aromatic rings. The number of nitrogens with zero attached hydrogens (tertiary/aromatic N) is 2. The van der Waals surface area contributed by atoms with Crippen molar-refractivity contribution in [3.05, 3.63) is 45.8 Å². The minimum Gasteiger partial charge on any atom is -0.450 e. The summed E-state index contributed by atoms with van der Waals surface area (Å²) in [5.41, 5.74) is 7.18. The van der Waals surface area contributed by atoms with Crippen molar-refractivity contribution in [1.29, 1.82) is 0 Å². The number of benzene rings is 1. The number of primary amides is 1. The Labute approximate surface area is 214 Å². The molecule has 0 spiro atoms. The van der Waals surface area contributed by atoms with E-state index in [1.165, 1.54) is 44.8 Å². The lowest BCUT2D eigenvalue weighted by molar-refractivity contribution is 0.0933. The van der Waals surface area contributed by atoms with Crippen molar-refractivity contribution in [2.24, 2.45) is 11.7 Å². The van der Waals surface area contributed by atoms with Gasteiger partial charge in [-0.15, -0.1) is 11.3 Å². The number of sulfonamides is 1. The Hall–Kier alpha value is -2.96. The zero-order chi connectivity index (χ0) is 26.0. The number of anilines is 1. The van der Waals surface area contributed by atoms with E-state index in [2.05, 4.69) is 12.2 Å². The van der Waals surface area contributed by atoms with Gasteiger partial charge in [-0.2, -0.15) is 4.31 Å². The van der Waals surface area contributed by atoms with Crippen LogP contribution in [0.15, 0.2) is 29.2 Å². The van der Waals surface area contributed by atoms with E-state index in [1.54, 1.807) is 6.92 Å². The molecule has 36 heavy (non-hydrogen) atoms. The van der Waals surface area contributed by atoms with Crippen LogP contribution in [0.3, 0.4) is 0 Å². The van der Waals surface area contributed by atoms with Gasteiger partial charge < -0.3 is 20.7 Å². The van der Waals surface area contributed by atoms with Gasteiger partial charge >= 0.3 is 6.09 Å². The van der Waals surface area contributed by atoms with Gasteiger partial charge in [0.2, 0.25) is 10.0 Å². The Morgan fingerprint density at radius 3 is 2.42 bits per heavy atom. The molecule has 1 fully saturated rings. The molecular weight excluding hydrogens is 504 g/mol. The quantitative estimate of drug-likeness (QED) is 0.584. The highest BCUT2D eigenvalue weighted by Crippen LogP contribution is 2.39. The van der Waals surface area contributed by atoms with E-state index in [1.807, 2.05) is 0 Å². The Balaban J connectivity index is 1.45. The summed E-state index contributed by atoms with van der Waals surface area (Å²) in [4.78, 5) is 39.5. The van der Waals surface area contributed by atoms with E-state index in [9.17, 15) is 22.8 Å². The standard InChI is InChI=1S/C24H30N4O6S2/c1-3-34-24(31)27-10-12-28(13-11-27)36(32,33)17-7-5-16(6-8-17)22(30)26-23-20(21(25)29)18-9-4-15(2)14-19(18)35-23/h5-8,15H,3-4,9-14H2,1-2H3,(H2,25,29)(H,26,30). The third kappa shape index (κ3) is 5.25. The van der Waals surface area contributed by atoms with Crippen molar-refractivity contribution in [3.8, 4) is 0 Å². The molecule has 0 saturated carbocycles. The van der Waals surface area contributed by atoms with E-state index in [0.717, 1.165) is 29.7 Å². The number of thiophene rings is 1. The Kier molecular flexibility index (Phi) is 7.67. The minimum atomic E-state index is -3.79. The number of piperazine rings is 1. The molecule has 194 valence electrons. The summed E-state index contributed by atoms with van der Waals surface area (Å²) < 4.78 is 32.4. The fourth-order valence-electron chi connectivity index (χ4n) is 4.53. The van der Waals surface area contributed by atoms with Crippen LogP contribution in [0.5, 0.6) is 0 Å². The molecule has 1 aliphatic carbocycles. The summed E-state index contributed by atoms with van der Waals surface area (Å²) in [6, 6.07) is 5.66. The Bertz CT molecular complexity index is 1260. The Morgan fingerprint density at radius 1 is 1.14 bits per heavy atom. The molecule has 10 nitrogen and oxygen atoms in total. The summed E-state index contributed by atoms with van der Waals surface area (Å²) in [6.07, 6.45) is 2.11. The van der Waals surface area contributed by atoms with Gasteiger partial charge in [0.05, 0.1) is 17.1 Å². The van der Waals surface area contributed by atoms with Crippen LogP contribution in [-0.2, 0) is 27.6 Å². The smallest absolute Gasteiger partial charge is 0.409 e. The van der Waals surface area contributed by atoms with Gasteiger partial charge in [0.15, 0.2) is 0 Å². The summed E-state index contributed by atoms with van der Waals surface area (Å²) >= 11 is 1.38. The van der Waals surface area contributed by atoms with Crippen molar-refractivity contribution in [2.45, 2.75) is 38.0 Å². The zero-order valence-corrected chi connectivity index (χ0v) is 21.9. The SMILES string of the molecule is CCOC(=O)N1CCN(S(=O)(=O)c2ccc(C(=O)Nc3sc4c(c3C(N)=O)CCC(C)C4)cc2)CC1. The topological polar surface area (TPSA) is 139 Å². The second-order valence-corrected chi connectivity index (χ2v) is 12.0. The molecule has 1 saturated heterocycles. The average molecular weight is 535 g/mol. The second kappa shape index (κ2) is 10.6. The van der Waals surface area contributed by atoms with Gasteiger partial charge in [0, 0.05) is 36.6 Å².